The van der Waals surface area contributed by atoms with Gasteiger partial charge < -0.3 is 19.5 Å². The van der Waals surface area contributed by atoms with Crippen molar-refractivity contribution in [3.05, 3.63) is 126 Å². The van der Waals surface area contributed by atoms with E-state index in [1.54, 1.807) is 11.9 Å². The number of ether oxygens (including phenoxy) is 3. The number of nitrogens with zero attached hydrogens (tertiary/aromatic N) is 2. The van der Waals surface area contributed by atoms with Crippen LogP contribution in [0.15, 0.2) is 109 Å². The highest BCUT2D eigenvalue weighted by atomic mass is 32.2. The van der Waals surface area contributed by atoms with Gasteiger partial charge in [-0.3, -0.25) is 8.61 Å². The molecule has 0 amide bonds. The average molecular weight is 990 g/mol. The predicted octanol–water partition coefficient (Wildman–Crippen LogP) is 11.2. The molecule has 7 aromatic rings. The molecular formula is C62H58B3N3O3S2. The van der Waals surface area contributed by atoms with E-state index < -0.39 is 0 Å². The zero-order valence-electron chi connectivity index (χ0n) is 41.9. The SMILES string of the molecule is CSN1c2cc3c(cc2B2c4cc5c(cc4Oc4cc(C6CCCCC6)cc1c42)N(SC)c1cc(C2CCCCC2)cc2c1B5c1ccccc1O2)B1c2ccccc2Oc2cc(C4CCCCC4)cc(c21)N3. The normalized spacial score (nSPS) is 18.8. The zero-order valence-corrected chi connectivity index (χ0v) is 43.5. The van der Waals surface area contributed by atoms with Crippen LogP contribution < -0.4 is 77.3 Å². The third kappa shape index (κ3) is 6.55. The second-order valence-corrected chi connectivity index (χ2v) is 24.1. The van der Waals surface area contributed by atoms with Crippen LogP contribution in [-0.2, 0) is 0 Å². The van der Waals surface area contributed by atoms with Crippen LogP contribution in [0.25, 0.3) is 0 Å². The number of nitrogens with one attached hydrogen (secondary N) is 1. The highest BCUT2D eigenvalue weighted by molar-refractivity contribution is 8.00. The van der Waals surface area contributed by atoms with Crippen LogP contribution >= 0.6 is 23.9 Å². The summed E-state index contributed by atoms with van der Waals surface area (Å²) in [5.41, 5.74) is 23.1. The Morgan fingerprint density at radius 1 is 0.384 bits per heavy atom. The molecule has 16 rings (SSSR count). The van der Waals surface area contributed by atoms with Crippen LogP contribution in [0.3, 0.4) is 0 Å². The number of para-hydroxylation sites is 2. The third-order valence-corrected chi connectivity index (χ3v) is 20.3. The Morgan fingerprint density at radius 3 is 1.36 bits per heavy atom. The standard InChI is InChI=1S/C62H58B3N3O3S2/c1-72-67-50-34-48-44(63-42-22-12-14-24-54(42)69-57-29-39(26-49(66-48)60(57)63)36-16-6-3-7-17-36)32-45(50)65-47-33-46-51(35-56(47)71-59-31-41(28-53(67)62(59)65)38-20-10-5-11-21-38)68(73-2)52-27-40(37-18-8-4-9-19-37)30-58-61(52)64(46)43-23-13-15-25-55(43)70-58/h12-15,22-38,66H,3-11,16-21H2,1-2H3. The molecule has 0 saturated heterocycles. The molecule has 6 heterocycles. The van der Waals surface area contributed by atoms with E-state index in [1.807, 2.05) is 11.9 Å². The molecule has 73 heavy (non-hydrogen) atoms. The minimum absolute atomic E-state index is 0.0132. The molecule has 6 aliphatic heterocycles. The van der Waals surface area contributed by atoms with E-state index in [4.69, 9.17) is 14.2 Å². The molecule has 0 atom stereocenters. The van der Waals surface area contributed by atoms with Crippen molar-refractivity contribution in [3.63, 3.8) is 0 Å². The maximum absolute atomic E-state index is 7.51. The largest absolute Gasteiger partial charge is 0.458 e. The summed E-state index contributed by atoms with van der Waals surface area (Å²) in [6.45, 7) is -0.0151. The molecule has 7 aromatic carbocycles. The topological polar surface area (TPSA) is 46.2 Å². The summed E-state index contributed by atoms with van der Waals surface area (Å²) < 4.78 is 26.5. The maximum Gasteiger partial charge on any atom is 0.256 e. The molecule has 1 N–H and O–H groups in total. The van der Waals surface area contributed by atoms with Gasteiger partial charge in [-0.25, -0.2) is 0 Å². The fourth-order valence-electron chi connectivity index (χ4n) is 15.4. The van der Waals surface area contributed by atoms with E-state index in [9.17, 15) is 0 Å². The summed E-state index contributed by atoms with van der Waals surface area (Å²) >= 11 is 3.62. The van der Waals surface area contributed by atoms with E-state index >= 15 is 0 Å². The molecule has 3 fully saturated rings. The van der Waals surface area contributed by atoms with Crippen molar-refractivity contribution >= 4 is 127 Å². The van der Waals surface area contributed by atoms with Gasteiger partial charge in [0.1, 0.15) is 34.5 Å². The maximum atomic E-state index is 7.51. The van der Waals surface area contributed by atoms with E-state index in [0.717, 1.165) is 34.5 Å². The molecule has 3 aliphatic carbocycles. The van der Waals surface area contributed by atoms with E-state index in [0.29, 0.717) is 17.8 Å². The van der Waals surface area contributed by atoms with Gasteiger partial charge in [-0.15, -0.1) is 0 Å². The Labute approximate surface area is 439 Å². The number of hydrogen-bond donors (Lipinski definition) is 1. The fourth-order valence-corrected chi connectivity index (χ4v) is 16.8. The first-order valence-corrected chi connectivity index (χ1v) is 30.0. The third-order valence-electron chi connectivity index (χ3n) is 18.8. The monoisotopic (exact) mass is 989 g/mol. The van der Waals surface area contributed by atoms with E-state index in [-0.39, 0.29) is 20.1 Å². The van der Waals surface area contributed by atoms with Crippen LogP contribution in [0.2, 0.25) is 0 Å². The van der Waals surface area contributed by atoms with Crippen molar-refractivity contribution in [2.75, 3.05) is 26.4 Å². The minimum atomic E-state index is -0.0554. The molecule has 9 aliphatic rings. The smallest absolute Gasteiger partial charge is 0.256 e. The van der Waals surface area contributed by atoms with Gasteiger partial charge in [0.2, 0.25) is 0 Å². The summed E-state index contributed by atoms with van der Waals surface area (Å²) in [5, 5.41) is 4.11. The highest BCUT2D eigenvalue weighted by Gasteiger charge is 2.49. The van der Waals surface area contributed by atoms with Gasteiger partial charge in [0.05, 0.1) is 17.1 Å². The van der Waals surface area contributed by atoms with Crippen LogP contribution in [0.5, 0.6) is 34.5 Å². The number of rotatable bonds is 5. The van der Waals surface area contributed by atoms with Gasteiger partial charge in [0.25, 0.3) is 20.1 Å². The minimum Gasteiger partial charge on any atom is -0.458 e. The van der Waals surface area contributed by atoms with Gasteiger partial charge in [0, 0.05) is 35.6 Å². The first-order chi connectivity index (χ1) is 36.1. The second-order valence-electron chi connectivity index (χ2n) is 22.6. The van der Waals surface area contributed by atoms with Gasteiger partial charge in [0.15, 0.2) is 0 Å². The van der Waals surface area contributed by atoms with Crippen molar-refractivity contribution in [2.45, 2.75) is 114 Å². The summed E-state index contributed by atoms with van der Waals surface area (Å²) in [6.07, 6.45) is 23.7. The lowest BCUT2D eigenvalue weighted by Gasteiger charge is -2.43. The molecule has 0 bridgehead atoms. The Balaban J connectivity index is 0.920. The summed E-state index contributed by atoms with van der Waals surface area (Å²) in [6, 6.07) is 42.5. The summed E-state index contributed by atoms with van der Waals surface area (Å²) in [4.78, 5) is 0. The molecule has 3 saturated carbocycles. The van der Waals surface area contributed by atoms with Gasteiger partial charge in [-0.2, -0.15) is 0 Å². The van der Waals surface area contributed by atoms with Crippen LogP contribution in [0, 0.1) is 0 Å². The zero-order chi connectivity index (χ0) is 48.1. The Kier molecular flexibility index (Phi) is 10.1. The summed E-state index contributed by atoms with van der Waals surface area (Å²) in [5.74, 6) is 7.58. The van der Waals surface area contributed by atoms with Crippen LogP contribution in [-0.4, -0.2) is 32.6 Å². The molecule has 0 unspecified atom stereocenters. The van der Waals surface area contributed by atoms with E-state index in [2.05, 4.69) is 136 Å². The van der Waals surface area contributed by atoms with Gasteiger partial charge in [-0.1, -0.05) is 106 Å². The second kappa shape index (κ2) is 16.9. The number of anilines is 6. The predicted molar refractivity (Wildman–Crippen MR) is 311 cm³/mol. The molecule has 0 spiro atoms. The fraction of sp³-hybridized carbons (Fsp3) is 0.323. The number of hydrogen-bond acceptors (Lipinski definition) is 8. The average Bonchev–Trinajstić information content (AvgIpc) is 3.44. The Morgan fingerprint density at radius 2 is 0.822 bits per heavy atom. The van der Waals surface area contributed by atoms with Crippen molar-refractivity contribution in [1.82, 2.24) is 0 Å². The lowest BCUT2D eigenvalue weighted by atomic mass is 9.29. The molecular weight excluding hydrogens is 931 g/mol. The highest BCUT2D eigenvalue weighted by Crippen LogP contribution is 2.48. The van der Waals surface area contributed by atoms with Crippen molar-refractivity contribution in [3.8, 4) is 34.5 Å². The van der Waals surface area contributed by atoms with Crippen molar-refractivity contribution < 1.29 is 14.2 Å². The lowest BCUT2D eigenvalue weighted by molar-refractivity contribution is 0.440. The van der Waals surface area contributed by atoms with Crippen LogP contribution in [0.1, 0.15) is 131 Å². The number of benzene rings is 7. The molecule has 0 aromatic heterocycles. The quantitative estimate of drug-likeness (QED) is 0.135. The summed E-state index contributed by atoms with van der Waals surface area (Å²) in [7, 11) is 0. The first kappa shape index (κ1) is 43.6. The molecule has 11 heteroatoms. The van der Waals surface area contributed by atoms with Crippen molar-refractivity contribution in [1.29, 1.82) is 0 Å². The Hall–Kier alpha value is -5.77. The Bertz CT molecular complexity index is 3480. The van der Waals surface area contributed by atoms with E-state index in [1.165, 1.54) is 196 Å². The van der Waals surface area contributed by atoms with Gasteiger partial charge >= 0.3 is 0 Å². The molecule has 360 valence electrons. The van der Waals surface area contributed by atoms with Crippen molar-refractivity contribution in [2.24, 2.45) is 0 Å². The van der Waals surface area contributed by atoms with Gasteiger partial charge in [-0.05, 0) is 201 Å². The molecule has 6 nitrogen and oxygen atoms in total. The first-order valence-electron chi connectivity index (χ1n) is 27.6. The molecule has 0 radical (unpaired) electrons. The lowest BCUT2D eigenvalue weighted by Crippen LogP contribution is -2.64. The van der Waals surface area contributed by atoms with Crippen LogP contribution in [0.4, 0.5) is 34.1 Å². The number of fused-ring (bicyclic) bond motifs is 12.